The van der Waals surface area contributed by atoms with Gasteiger partial charge in [0.25, 0.3) is 0 Å². The molecule has 0 spiro atoms. The molecule has 0 radical (unpaired) electrons. The van der Waals surface area contributed by atoms with E-state index in [1.165, 1.54) is 0 Å². The van der Waals surface area contributed by atoms with Crippen LogP contribution in [0.5, 0.6) is 0 Å². The fourth-order valence-corrected chi connectivity index (χ4v) is 1.72. The molecule has 0 aromatic carbocycles. The van der Waals surface area contributed by atoms with Crippen molar-refractivity contribution in [2.45, 2.75) is 26.2 Å². The summed E-state index contributed by atoms with van der Waals surface area (Å²) in [6, 6.07) is 1.85. The second-order valence-corrected chi connectivity index (χ2v) is 5.39. The number of hydrazine groups is 1. The molecule has 0 amide bonds. The van der Waals surface area contributed by atoms with E-state index in [-0.39, 0.29) is 5.41 Å². The van der Waals surface area contributed by atoms with Crippen molar-refractivity contribution in [3.63, 3.8) is 0 Å². The number of hydrogen-bond donors (Lipinski definition) is 3. The number of nitrogens with two attached hydrogens (primary N) is 2. The van der Waals surface area contributed by atoms with Crippen LogP contribution in [0, 0.1) is 0 Å². The molecule has 5 N–H and O–H groups in total. The molecule has 0 fully saturated rings. The zero-order valence-electron chi connectivity index (χ0n) is 11.6. The highest BCUT2D eigenvalue weighted by molar-refractivity contribution is 5.78. The second kappa shape index (κ2) is 4.51. The molecule has 0 aliphatic heterocycles. The Labute approximate surface area is 112 Å². The average Bonchev–Trinajstić information content (AvgIpc) is 2.74. The third kappa shape index (κ3) is 2.37. The van der Waals surface area contributed by atoms with Gasteiger partial charge in [0.15, 0.2) is 5.82 Å². The van der Waals surface area contributed by atoms with E-state index in [4.69, 9.17) is 11.6 Å². The highest BCUT2D eigenvalue weighted by atomic mass is 15.3. The molecular weight excluding hydrogens is 242 g/mol. The van der Waals surface area contributed by atoms with E-state index in [9.17, 15) is 0 Å². The maximum Gasteiger partial charge on any atom is 0.167 e. The Kier molecular flexibility index (Phi) is 3.15. The minimum absolute atomic E-state index is 0.202. The van der Waals surface area contributed by atoms with Crippen molar-refractivity contribution in [3.8, 4) is 11.4 Å². The van der Waals surface area contributed by atoms with Crippen molar-refractivity contribution in [2.75, 3.05) is 11.2 Å². The van der Waals surface area contributed by atoms with Crippen molar-refractivity contribution < 1.29 is 0 Å². The van der Waals surface area contributed by atoms with E-state index in [0.29, 0.717) is 23.0 Å². The lowest BCUT2D eigenvalue weighted by atomic mass is 9.95. The number of hydrogen-bond acceptors (Lipinski definition) is 6. The minimum atomic E-state index is -0.202. The Morgan fingerprint density at radius 1 is 1.26 bits per heavy atom. The van der Waals surface area contributed by atoms with Crippen LogP contribution in [0.4, 0.5) is 11.5 Å². The molecule has 2 heterocycles. The number of nitrogens with one attached hydrogen (secondary N) is 1. The maximum atomic E-state index is 6.06. The standard InChI is InChI=1S/C12H19N7/c1-12(2,3)11-16-9(7-5-6-15-19(7)4)8(13)10(17-11)18-14/h5-6H,13-14H2,1-4H3,(H,16,17,18). The topological polar surface area (TPSA) is 108 Å². The summed E-state index contributed by atoms with van der Waals surface area (Å²) in [6.45, 7) is 6.10. The number of aryl methyl sites for hydroxylation is 1. The second-order valence-electron chi connectivity index (χ2n) is 5.39. The molecule has 0 aliphatic rings. The van der Waals surface area contributed by atoms with E-state index in [0.717, 1.165) is 5.69 Å². The van der Waals surface area contributed by atoms with Crippen molar-refractivity contribution in [1.29, 1.82) is 0 Å². The monoisotopic (exact) mass is 261 g/mol. The van der Waals surface area contributed by atoms with Gasteiger partial charge >= 0.3 is 0 Å². The average molecular weight is 261 g/mol. The molecule has 0 unspecified atom stereocenters. The Balaban J connectivity index is 2.70. The fraction of sp³-hybridized carbons (Fsp3) is 0.417. The highest BCUT2D eigenvalue weighted by Gasteiger charge is 2.22. The summed E-state index contributed by atoms with van der Waals surface area (Å²) in [4.78, 5) is 8.92. The summed E-state index contributed by atoms with van der Waals surface area (Å²) in [6.07, 6.45) is 1.70. The first-order valence-electron chi connectivity index (χ1n) is 5.97. The van der Waals surface area contributed by atoms with E-state index in [2.05, 4.69) is 20.5 Å². The molecule has 0 aliphatic carbocycles. The van der Waals surface area contributed by atoms with Crippen LogP contribution in [-0.4, -0.2) is 19.7 Å². The molecule has 102 valence electrons. The van der Waals surface area contributed by atoms with Crippen LogP contribution in [0.15, 0.2) is 12.3 Å². The SMILES string of the molecule is Cn1nccc1-c1nc(C(C)(C)C)nc(NN)c1N. The first-order chi connectivity index (χ1) is 8.84. The van der Waals surface area contributed by atoms with Crippen LogP contribution in [0.3, 0.4) is 0 Å². The lowest BCUT2D eigenvalue weighted by Gasteiger charge is -2.20. The summed E-state index contributed by atoms with van der Waals surface area (Å²) in [5.74, 6) is 6.58. The van der Waals surface area contributed by atoms with Gasteiger partial charge in [0, 0.05) is 18.7 Å². The van der Waals surface area contributed by atoms with Crippen LogP contribution >= 0.6 is 0 Å². The summed E-state index contributed by atoms with van der Waals surface area (Å²) < 4.78 is 1.71. The fourth-order valence-electron chi connectivity index (χ4n) is 1.72. The van der Waals surface area contributed by atoms with Crippen molar-refractivity contribution >= 4 is 11.5 Å². The third-order valence-corrected chi connectivity index (χ3v) is 2.82. The van der Waals surface area contributed by atoms with Gasteiger partial charge in [-0.05, 0) is 6.07 Å². The lowest BCUT2D eigenvalue weighted by Crippen LogP contribution is -2.21. The first kappa shape index (κ1) is 13.3. The number of rotatable bonds is 2. The van der Waals surface area contributed by atoms with Gasteiger partial charge in [0.1, 0.15) is 17.2 Å². The van der Waals surface area contributed by atoms with Crippen LogP contribution in [0.25, 0.3) is 11.4 Å². The zero-order chi connectivity index (χ0) is 14.2. The molecule has 0 bridgehead atoms. The van der Waals surface area contributed by atoms with E-state index in [1.807, 2.05) is 33.9 Å². The quantitative estimate of drug-likeness (QED) is 0.550. The smallest absolute Gasteiger partial charge is 0.167 e. The van der Waals surface area contributed by atoms with Crippen LogP contribution in [0.2, 0.25) is 0 Å². The van der Waals surface area contributed by atoms with E-state index in [1.54, 1.807) is 10.9 Å². The molecule has 0 saturated heterocycles. The molecular formula is C12H19N7. The Hall–Kier alpha value is -2.15. The van der Waals surface area contributed by atoms with E-state index < -0.39 is 0 Å². The number of nitrogen functional groups attached to an aromatic ring is 2. The highest BCUT2D eigenvalue weighted by Crippen LogP contribution is 2.31. The first-order valence-corrected chi connectivity index (χ1v) is 5.97. The molecule has 19 heavy (non-hydrogen) atoms. The largest absolute Gasteiger partial charge is 0.394 e. The third-order valence-electron chi connectivity index (χ3n) is 2.82. The molecule has 7 nitrogen and oxygen atoms in total. The Bertz CT molecular complexity index is 595. The normalized spacial score (nSPS) is 11.6. The summed E-state index contributed by atoms with van der Waals surface area (Å²) in [5.41, 5.74) is 10.2. The molecule has 2 aromatic rings. The predicted molar refractivity (Wildman–Crippen MR) is 75.2 cm³/mol. The molecule has 2 aromatic heterocycles. The minimum Gasteiger partial charge on any atom is -0.394 e. The van der Waals surface area contributed by atoms with Crippen molar-refractivity contribution in [3.05, 3.63) is 18.1 Å². The zero-order valence-corrected chi connectivity index (χ0v) is 11.6. The summed E-state index contributed by atoms with van der Waals surface area (Å²) in [7, 11) is 1.84. The molecule has 7 heteroatoms. The molecule has 0 atom stereocenters. The number of nitrogens with zero attached hydrogens (tertiary/aromatic N) is 4. The predicted octanol–water partition coefficient (Wildman–Crippen LogP) is 1.04. The van der Waals surface area contributed by atoms with Gasteiger partial charge in [-0.1, -0.05) is 20.8 Å². The van der Waals surface area contributed by atoms with Gasteiger partial charge < -0.3 is 11.2 Å². The molecule has 2 rings (SSSR count). The van der Waals surface area contributed by atoms with Crippen LogP contribution in [0.1, 0.15) is 26.6 Å². The van der Waals surface area contributed by atoms with Crippen molar-refractivity contribution in [1.82, 2.24) is 19.7 Å². The van der Waals surface area contributed by atoms with Gasteiger partial charge in [0.05, 0.1) is 5.69 Å². The number of anilines is 2. The van der Waals surface area contributed by atoms with Crippen LogP contribution < -0.4 is 17.0 Å². The van der Waals surface area contributed by atoms with Gasteiger partial charge in [-0.25, -0.2) is 15.8 Å². The van der Waals surface area contributed by atoms with Gasteiger partial charge in [-0.3, -0.25) is 4.68 Å². The van der Waals surface area contributed by atoms with Gasteiger partial charge in [0.2, 0.25) is 0 Å². The van der Waals surface area contributed by atoms with E-state index >= 15 is 0 Å². The number of aromatic nitrogens is 4. The molecule has 0 saturated carbocycles. The Morgan fingerprint density at radius 3 is 2.42 bits per heavy atom. The van der Waals surface area contributed by atoms with Gasteiger partial charge in [-0.15, -0.1) is 0 Å². The van der Waals surface area contributed by atoms with Crippen molar-refractivity contribution in [2.24, 2.45) is 12.9 Å². The van der Waals surface area contributed by atoms with Crippen LogP contribution in [-0.2, 0) is 12.5 Å². The maximum absolute atomic E-state index is 6.06. The lowest BCUT2D eigenvalue weighted by molar-refractivity contribution is 0.546. The summed E-state index contributed by atoms with van der Waals surface area (Å²) in [5, 5.41) is 4.13. The Morgan fingerprint density at radius 2 is 1.95 bits per heavy atom. The summed E-state index contributed by atoms with van der Waals surface area (Å²) >= 11 is 0. The van der Waals surface area contributed by atoms with Gasteiger partial charge in [-0.2, -0.15) is 5.10 Å².